The Kier molecular flexibility index (Phi) is 5.36. The van der Waals surface area contributed by atoms with Crippen LogP contribution in [0.2, 0.25) is 10.0 Å². The highest BCUT2D eigenvalue weighted by molar-refractivity contribution is 7.89. The van der Waals surface area contributed by atoms with Crippen molar-refractivity contribution in [1.82, 2.24) is 18.6 Å². The summed E-state index contributed by atoms with van der Waals surface area (Å²) in [6.45, 7) is 0.993. The third kappa shape index (κ3) is 3.65. The first kappa shape index (κ1) is 19.7. The lowest BCUT2D eigenvalue weighted by Gasteiger charge is -2.34. The number of amides is 1. The van der Waals surface area contributed by atoms with Crippen LogP contribution in [0.15, 0.2) is 40.9 Å². The Hall–Kier alpha value is -1.65. The lowest BCUT2D eigenvalue weighted by atomic mass is 10.2. The highest BCUT2D eigenvalue weighted by Gasteiger charge is 2.33. The number of aromatic nitrogens is 2. The molecule has 0 aliphatic carbocycles. The molecule has 0 unspecified atom stereocenters. The maximum atomic E-state index is 12.9. The Morgan fingerprint density at radius 3 is 2.46 bits per heavy atom. The SMILES string of the molecule is O=C(Cc1cn2ccsc2n1)N1CCN(S(=O)(=O)c2c(Cl)cccc2Cl)CC1. The summed E-state index contributed by atoms with van der Waals surface area (Å²) in [6, 6.07) is 4.59. The topological polar surface area (TPSA) is 75.0 Å². The first-order valence-electron chi connectivity index (χ1n) is 8.49. The van der Waals surface area contributed by atoms with E-state index >= 15 is 0 Å². The third-order valence-electron chi connectivity index (χ3n) is 4.58. The van der Waals surface area contributed by atoms with Crippen molar-refractivity contribution in [2.75, 3.05) is 26.2 Å². The number of thiazole rings is 1. The fourth-order valence-corrected chi connectivity index (χ4v) is 6.40. The zero-order chi connectivity index (χ0) is 19.9. The van der Waals surface area contributed by atoms with Gasteiger partial charge in [-0.05, 0) is 12.1 Å². The number of rotatable bonds is 4. The standard InChI is InChI=1S/C17H16Cl2N4O3S2/c18-13-2-1-3-14(19)16(13)28(25,26)23-6-4-21(5-7-23)15(24)10-12-11-22-8-9-27-17(22)20-12/h1-3,8-9,11H,4-7,10H2. The molecule has 1 fully saturated rings. The second-order valence-corrected chi connectivity index (χ2v) is 9.90. The van der Waals surface area contributed by atoms with Crippen molar-refractivity contribution in [2.45, 2.75) is 11.3 Å². The number of halogens is 2. The minimum atomic E-state index is -3.82. The molecule has 1 amide bonds. The minimum Gasteiger partial charge on any atom is -0.340 e. The summed E-state index contributed by atoms with van der Waals surface area (Å²) < 4.78 is 29.0. The van der Waals surface area contributed by atoms with Crippen LogP contribution in [0.5, 0.6) is 0 Å². The molecule has 0 saturated carbocycles. The summed E-state index contributed by atoms with van der Waals surface area (Å²) in [5.41, 5.74) is 0.703. The molecule has 3 aromatic rings. The Morgan fingerprint density at radius 2 is 1.82 bits per heavy atom. The fourth-order valence-electron chi connectivity index (χ4n) is 3.16. The number of nitrogens with zero attached hydrogens (tertiary/aromatic N) is 4. The van der Waals surface area contributed by atoms with Gasteiger partial charge in [0.05, 0.1) is 22.2 Å². The largest absolute Gasteiger partial charge is 0.340 e. The van der Waals surface area contributed by atoms with Crippen LogP contribution in [0.25, 0.3) is 4.96 Å². The molecular weight excluding hydrogens is 443 g/mol. The van der Waals surface area contributed by atoms with E-state index < -0.39 is 10.0 Å². The predicted octanol–water partition coefficient (Wildman–Crippen LogP) is 2.78. The molecule has 1 aliphatic rings. The monoisotopic (exact) mass is 458 g/mol. The Labute approximate surface area is 176 Å². The lowest BCUT2D eigenvalue weighted by Crippen LogP contribution is -2.51. The highest BCUT2D eigenvalue weighted by Crippen LogP contribution is 2.31. The first-order chi connectivity index (χ1) is 13.4. The second kappa shape index (κ2) is 7.64. The van der Waals surface area contributed by atoms with Crippen LogP contribution < -0.4 is 0 Å². The van der Waals surface area contributed by atoms with Crippen LogP contribution in [0.3, 0.4) is 0 Å². The number of hydrogen-bond acceptors (Lipinski definition) is 5. The van der Waals surface area contributed by atoms with Crippen molar-refractivity contribution >= 4 is 55.4 Å². The maximum Gasteiger partial charge on any atom is 0.246 e. The number of benzene rings is 1. The van der Waals surface area contributed by atoms with Crippen molar-refractivity contribution in [1.29, 1.82) is 0 Å². The van der Waals surface area contributed by atoms with E-state index in [9.17, 15) is 13.2 Å². The van der Waals surface area contributed by atoms with Crippen LogP contribution >= 0.6 is 34.5 Å². The minimum absolute atomic E-state index is 0.0708. The molecule has 4 rings (SSSR count). The molecule has 0 bridgehead atoms. The van der Waals surface area contributed by atoms with Gasteiger partial charge in [0.2, 0.25) is 15.9 Å². The number of imidazole rings is 1. The molecule has 0 radical (unpaired) electrons. The van der Waals surface area contributed by atoms with Gasteiger partial charge in [0.1, 0.15) is 4.90 Å². The van der Waals surface area contributed by atoms with Crippen LogP contribution in [-0.2, 0) is 21.2 Å². The van der Waals surface area contributed by atoms with Crippen molar-refractivity contribution in [3.8, 4) is 0 Å². The summed E-state index contributed by atoms with van der Waals surface area (Å²) in [5, 5.41) is 2.11. The van der Waals surface area contributed by atoms with Gasteiger partial charge in [0.25, 0.3) is 0 Å². The first-order valence-corrected chi connectivity index (χ1v) is 11.6. The smallest absolute Gasteiger partial charge is 0.246 e. The average molecular weight is 459 g/mol. The molecular formula is C17H16Cl2N4O3S2. The molecule has 3 heterocycles. The van der Waals surface area contributed by atoms with Gasteiger partial charge in [-0.2, -0.15) is 4.31 Å². The summed E-state index contributed by atoms with van der Waals surface area (Å²) in [5.74, 6) is -0.0708. The predicted molar refractivity (Wildman–Crippen MR) is 109 cm³/mol. The summed E-state index contributed by atoms with van der Waals surface area (Å²) in [7, 11) is -3.82. The van der Waals surface area contributed by atoms with E-state index in [2.05, 4.69) is 4.98 Å². The van der Waals surface area contributed by atoms with E-state index in [0.717, 1.165) is 4.96 Å². The number of sulfonamides is 1. The summed E-state index contributed by atoms with van der Waals surface area (Å²) in [6.07, 6.45) is 3.92. The molecule has 0 N–H and O–H groups in total. The molecule has 148 valence electrons. The molecule has 1 aliphatic heterocycles. The van der Waals surface area contributed by atoms with E-state index in [1.807, 2.05) is 22.2 Å². The molecule has 1 aromatic carbocycles. The van der Waals surface area contributed by atoms with E-state index in [4.69, 9.17) is 23.2 Å². The van der Waals surface area contributed by atoms with E-state index in [1.54, 1.807) is 11.0 Å². The molecule has 7 nitrogen and oxygen atoms in total. The summed E-state index contributed by atoms with van der Waals surface area (Å²) in [4.78, 5) is 19.4. The van der Waals surface area contributed by atoms with Crippen molar-refractivity contribution in [3.05, 3.63) is 51.7 Å². The van der Waals surface area contributed by atoms with Gasteiger partial charge in [-0.3, -0.25) is 9.20 Å². The van der Waals surface area contributed by atoms with Crippen molar-refractivity contribution < 1.29 is 13.2 Å². The third-order valence-corrected chi connectivity index (χ3v) is 8.21. The molecule has 0 spiro atoms. The van der Waals surface area contributed by atoms with Crippen molar-refractivity contribution in [2.24, 2.45) is 0 Å². The van der Waals surface area contributed by atoms with Crippen LogP contribution in [0.4, 0.5) is 0 Å². The normalized spacial score (nSPS) is 16.0. The van der Waals surface area contributed by atoms with Gasteiger partial charge in [0, 0.05) is 44.0 Å². The van der Waals surface area contributed by atoms with Crippen LogP contribution in [0, 0.1) is 0 Å². The lowest BCUT2D eigenvalue weighted by molar-refractivity contribution is -0.131. The van der Waals surface area contributed by atoms with Gasteiger partial charge >= 0.3 is 0 Å². The maximum absolute atomic E-state index is 12.9. The zero-order valence-corrected chi connectivity index (χ0v) is 17.7. The number of hydrogen-bond donors (Lipinski definition) is 0. The molecule has 1 saturated heterocycles. The number of piperazine rings is 1. The quantitative estimate of drug-likeness (QED) is 0.602. The Morgan fingerprint density at radius 1 is 1.14 bits per heavy atom. The molecule has 11 heteroatoms. The van der Waals surface area contributed by atoms with Gasteiger partial charge < -0.3 is 4.90 Å². The van der Waals surface area contributed by atoms with Gasteiger partial charge in [-0.15, -0.1) is 11.3 Å². The fraction of sp³-hybridized carbons (Fsp3) is 0.294. The average Bonchev–Trinajstić information content (AvgIpc) is 3.23. The van der Waals surface area contributed by atoms with Crippen molar-refractivity contribution in [3.63, 3.8) is 0 Å². The molecule has 28 heavy (non-hydrogen) atoms. The van der Waals surface area contributed by atoms with Gasteiger partial charge in [-0.1, -0.05) is 29.3 Å². The second-order valence-electron chi connectivity index (χ2n) is 6.34. The number of fused-ring (bicyclic) bond motifs is 1. The molecule has 2 aromatic heterocycles. The van der Waals surface area contributed by atoms with Crippen LogP contribution in [0.1, 0.15) is 5.69 Å². The number of carbonyl (C=O) groups excluding carboxylic acids is 1. The van der Waals surface area contributed by atoms with E-state index in [-0.39, 0.29) is 40.4 Å². The zero-order valence-electron chi connectivity index (χ0n) is 14.6. The molecule has 0 atom stereocenters. The van der Waals surface area contributed by atoms with E-state index in [0.29, 0.717) is 18.8 Å². The van der Waals surface area contributed by atoms with Crippen LogP contribution in [-0.4, -0.2) is 59.1 Å². The summed E-state index contributed by atoms with van der Waals surface area (Å²) >= 11 is 13.6. The van der Waals surface area contributed by atoms with E-state index in [1.165, 1.54) is 27.8 Å². The number of carbonyl (C=O) groups is 1. The highest BCUT2D eigenvalue weighted by atomic mass is 35.5. The van der Waals surface area contributed by atoms with Gasteiger partial charge in [0.15, 0.2) is 4.96 Å². The van der Waals surface area contributed by atoms with Gasteiger partial charge in [-0.25, -0.2) is 13.4 Å². The Bertz CT molecular complexity index is 1090. The Balaban J connectivity index is 1.42.